The molecule has 1 aromatic rings. The van der Waals surface area contributed by atoms with Gasteiger partial charge in [0.15, 0.2) is 0 Å². The van der Waals surface area contributed by atoms with Gasteiger partial charge in [-0.05, 0) is 30.9 Å². The molecule has 0 atom stereocenters. The third-order valence-electron chi connectivity index (χ3n) is 3.64. The molecule has 0 bridgehead atoms. The van der Waals surface area contributed by atoms with Crippen molar-refractivity contribution in [2.24, 2.45) is 0 Å². The van der Waals surface area contributed by atoms with Crippen molar-refractivity contribution in [1.82, 2.24) is 0 Å². The maximum Gasteiger partial charge on any atom is 0.389 e. The lowest BCUT2D eigenvalue weighted by Gasteiger charge is -2.08. The van der Waals surface area contributed by atoms with Gasteiger partial charge in [-0.25, -0.2) is 0 Å². The summed E-state index contributed by atoms with van der Waals surface area (Å²) in [5, 5.41) is 0. The summed E-state index contributed by atoms with van der Waals surface area (Å²) in [5.41, 5.74) is 14.0. The molecule has 0 saturated carbocycles. The lowest BCUT2D eigenvalue weighted by atomic mass is 10.0. The van der Waals surface area contributed by atoms with Crippen LogP contribution in [0.3, 0.4) is 0 Å². The zero-order chi connectivity index (χ0) is 15.7. The summed E-state index contributed by atoms with van der Waals surface area (Å²) >= 11 is 0. The minimum Gasteiger partial charge on any atom is -0.397 e. The fourth-order valence-electron chi connectivity index (χ4n) is 2.38. The number of benzene rings is 1. The van der Waals surface area contributed by atoms with Crippen molar-refractivity contribution in [3.63, 3.8) is 0 Å². The van der Waals surface area contributed by atoms with E-state index < -0.39 is 12.6 Å². The summed E-state index contributed by atoms with van der Waals surface area (Å²) in [5.74, 6) is 0. The smallest absolute Gasteiger partial charge is 0.389 e. The average molecular weight is 302 g/mol. The summed E-state index contributed by atoms with van der Waals surface area (Å²) < 4.78 is 35.8. The molecule has 120 valence electrons. The van der Waals surface area contributed by atoms with Gasteiger partial charge >= 0.3 is 6.18 Å². The van der Waals surface area contributed by atoms with Crippen LogP contribution in [0, 0.1) is 0 Å². The molecule has 0 aliphatic heterocycles. The predicted molar refractivity (Wildman–Crippen MR) is 82.0 cm³/mol. The fourth-order valence-corrected chi connectivity index (χ4v) is 2.38. The molecular weight excluding hydrogens is 277 g/mol. The van der Waals surface area contributed by atoms with Crippen LogP contribution in [0.4, 0.5) is 24.5 Å². The Balaban J connectivity index is 2.01. The van der Waals surface area contributed by atoms with Gasteiger partial charge in [0.25, 0.3) is 0 Å². The maximum atomic E-state index is 11.9. The highest BCUT2D eigenvalue weighted by Crippen LogP contribution is 2.24. The summed E-state index contributed by atoms with van der Waals surface area (Å²) in [6.45, 7) is 0. The summed E-state index contributed by atoms with van der Waals surface area (Å²) in [7, 11) is 0. The first-order valence-corrected chi connectivity index (χ1v) is 7.60. The van der Waals surface area contributed by atoms with E-state index >= 15 is 0 Å². The van der Waals surface area contributed by atoms with Crippen LogP contribution >= 0.6 is 0 Å². The van der Waals surface area contributed by atoms with Gasteiger partial charge in [0.1, 0.15) is 0 Å². The van der Waals surface area contributed by atoms with Crippen molar-refractivity contribution < 1.29 is 13.2 Å². The van der Waals surface area contributed by atoms with Gasteiger partial charge in [0.05, 0.1) is 11.4 Å². The van der Waals surface area contributed by atoms with E-state index in [4.69, 9.17) is 11.5 Å². The van der Waals surface area contributed by atoms with Gasteiger partial charge in [-0.3, -0.25) is 0 Å². The number of alkyl halides is 3. The Kier molecular flexibility index (Phi) is 7.40. The van der Waals surface area contributed by atoms with Crippen molar-refractivity contribution >= 4 is 11.4 Å². The number of anilines is 2. The second-order valence-electron chi connectivity index (χ2n) is 5.51. The number of nitrogens with two attached hydrogens (primary N) is 2. The van der Waals surface area contributed by atoms with Crippen molar-refractivity contribution in [3.8, 4) is 0 Å². The number of para-hydroxylation sites is 1. The highest BCUT2D eigenvalue weighted by molar-refractivity contribution is 5.67. The van der Waals surface area contributed by atoms with E-state index in [2.05, 4.69) is 0 Å². The van der Waals surface area contributed by atoms with Crippen LogP contribution in [0.5, 0.6) is 0 Å². The molecule has 4 N–H and O–H groups in total. The minimum absolute atomic E-state index is 0.253. The number of hydrogen-bond acceptors (Lipinski definition) is 2. The number of hydrogen-bond donors (Lipinski definition) is 2. The Labute approximate surface area is 124 Å². The Bertz CT molecular complexity index is 416. The predicted octanol–water partition coefficient (Wildman–Crippen LogP) is 5.08. The van der Waals surface area contributed by atoms with Crippen molar-refractivity contribution in [1.29, 1.82) is 0 Å². The zero-order valence-corrected chi connectivity index (χ0v) is 12.4. The van der Waals surface area contributed by atoms with Gasteiger partial charge in [0.2, 0.25) is 0 Å². The van der Waals surface area contributed by atoms with E-state index in [-0.39, 0.29) is 6.42 Å². The van der Waals surface area contributed by atoms with Gasteiger partial charge < -0.3 is 11.5 Å². The highest BCUT2D eigenvalue weighted by Gasteiger charge is 2.25. The zero-order valence-electron chi connectivity index (χ0n) is 12.4. The molecule has 0 saturated heterocycles. The van der Waals surface area contributed by atoms with E-state index in [1.807, 2.05) is 12.1 Å². The molecule has 0 fully saturated rings. The number of aryl methyl sites for hydroxylation is 1. The monoisotopic (exact) mass is 302 g/mol. The Morgan fingerprint density at radius 1 is 0.810 bits per heavy atom. The van der Waals surface area contributed by atoms with Crippen LogP contribution in [-0.2, 0) is 6.42 Å². The Hall–Kier alpha value is -1.39. The Morgan fingerprint density at radius 3 is 2.00 bits per heavy atom. The van der Waals surface area contributed by atoms with E-state index in [9.17, 15) is 13.2 Å². The molecule has 21 heavy (non-hydrogen) atoms. The standard InChI is InChI=1S/C16H25F3N2/c17-16(18,19)12-7-5-3-1-2-4-6-9-13-10-8-11-14(20)15(13)21/h8,10-11H,1-7,9,12,20-21H2. The Morgan fingerprint density at radius 2 is 1.38 bits per heavy atom. The van der Waals surface area contributed by atoms with Gasteiger partial charge in [0, 0.05) is 6.42 Å². The van der Waals surface area contributed by atoms with Crippen LogP contribution in [0.15, 0.2) is 18.2 Å². The largest absolute Gasteiger partial charge is 0.397 e. The van der Waals surface area contributed by atoms with E-state index in [0.717, 1.165) is 44.1 Å². The molecular formula is C16H25F3N2. The third kappa shape index (κ3) is 7.83. The van der Waals surface area contributed by atoms with E-state index in [1.165, 1.54) is 0 Å². The third-order valence-corrected chi connectivity index (χ3v) is 3.64. The van der Waals surface area contributed by atoms with Gasteiger partial charge in [-0.15, -0.1) is 0 Å². The number of unbranched alkanes of at least 4 members (excludes halogenated alkanes) is 6. The molecule has 0 heterocycles. The molecule has 1 aromatic carbocycles. The first-order chi connectivity index (χ1) is 9.90. The molecule has 5 heteroatoms. The first kappa shape index (κ1) is 17.7. The second kappa shape index (κ2) is 8.80. The lowest BCUT2D eigenvalue weighted by Crippen LogP contribution is -2.06. The highest BCUT2D eigenvalue weighted by atomic mass is 19.4. The van der Waals surface area contributed by atoms with E-state index in [1.54, 1.807) is 6.07 Å². The van der Waals surface area contributed by atoms with Crippen LogP contribution < -0.4 is 11.5 Å². The van der Waals surface area contributed by atoms with Gasteiger partial charge in [-0.2, -0.15) is 13.2 Å². The number of halogens is 3. The topological polar surface area (TPSA) is 52.0 Å². The molecule has 0 aliphatic carbocycles. The molecule has 2 nitrogen and oxygen atoms in total. The molecule has 0 radical (unpaired) electrons. The lowest BCUT2D eigenvalue weighted by molar-refractivity contribution is -0.135. The fraction of sp³-hybridized carbons (Fsp3) is 0.625. The molecule has 0 spiro atoms. The summed E-state index contributed by atoms with van der Waals surface area (Å²) in [6.07, 6.45) is 2.24. The van der Waals surface area contributed by atoms with Crippen LogP contribution in [-0.4, -0.2) is 6.18 Å². The SMILES string of the molecule is Nc1cccc(CCCCCCCCCC(F)(F)F)c1N. The van der Waals surface area contributed by atoms with Crippen molar-refractivity contribution in [2.45, 2.75) is 64.0 Å². The number of rotatable bonds is 9. The first-order valence-electron chi connectivity index (χ1n) is 7.60. The number of nitrogen functional groups attached to an aromatic ring is 2. The summed E-state index contributed by atoms with van der Waals surface area (Å²) in [4.78, 5) is 0. The van der Waals surface area contributed by atoms with E-state index in [0.29, 0.717) is 17.8 Å². The quantitative estimate of drug-likeness (QED) is 0.494. The van der Waals surface area contributed by atoms with Gasteiger partial charge in [-0.1, -0.05) is 44.2 Å². The molecule has 0 amide bonds. The van der Waals surface area contributed by atoms with Crippen molar-refractivity contribution in [2.75, 3.05) is 11.5 Å². The molecule has 1 rings (SSSR count). The second-order valence-corrected chi connectivity index (χ2v) is 5.51. The normalized spacial score (nSPS) is 11.8. The maximum absolute atomic E-state index is 11.9. The molecule has 0 unspecified atom stereocenters. The average Bonchev–Trinajstić information content (AvgIpc) is 2.40. The molecule has 0 aromatic heterocycles. The van der Waals surface area contributed by atoms with Crippen LogP contribution in [0.2, 0.25) is 0 Å². The van der Waals surface area contributed by atoms with Crippen molar-refractivity contribution in [3.05, 3.63) is 23.8 Å². The summed E-state index contributed by atoms with van der Waals surface area (Å²) in [6, 6.07) is 5.68. The molecule has 0 aliphatic rings. The van der Waals surface area contributed by atoms with Crippen LogP contribution in [0.25, 0.3) is 0 Å². The van der Waals surface area contributed by atoms with Crippen LogP contribution in [0.1, 0.15) is 56.9 Å². The minimum atomic E-state index is -4.00.